The molecular weight excluding hydrogens is 496 g/mol. The van der Waals surface area contributed by atoms with E-state index in [-0.39, 0.29) is 17.5 Å². The van der Waals surface area contributed by atoms with Crippen molar-refractivity contribution in [1.82, 2.24) is 19.7 Å². The van der Waals surface area contributed by atoms with E-state index in [1.54, 1.807) is 56.0 Å². The largest absolute Gasteiger partial charge is 0.481 e. The number of nitrogen functional groups attached to an aromatic ring is 1. The van der Waals surface area contributed by atoms with Crippen molar-refractivity contribution in [2.45, 2.75) is 31.7 Å². The Labute approximate surface area is 217 Å². The molecule has 2 atom stereocenters. The summed E-state index contributed by atoms with van der Waals surface area (Å²) >= 11 is 6.23. The number of ether oxygens (including phenoxy) is 1. The van der Waals surface area contributed by atoms with Crippen molar-refractivity contribution in [1.29, 1.82) is 0 Å². The normalized spacial score (nSPS) is 17.6. The van der Waals surface area contributed by atoms with Crippen molar-refractivity contribution in [2.24, 2.45) is 0 Å². The first-order valence-electron chi connectivity index (χ1n) is 11.6. The Morgan fingerprint density at radius 2 is 1.97 bits per heavy atom. The number of nitrogens with zero attached hydrogens (tertiary/aromatic N) is 4. The van der Waals surface area contributed by atoms with Gasteiger partial charge in [0.1, 0.15) is 22.7 Å². The van der Waals surface area contributed by atoms with Gasteiger partial charge >= 0.3 is 5.97 Å². The summed E-state index contributed by atoms with van der Waals surface area (Å²) in [6.07, 6.45) is 0. The van der Waals surface area contributed by atoms with Gasteiger partial charge < -0.3 is 20.9 Å². The number of fused-ring (bicyclic) bond motifs is 2. The minimum absolute atomic E-state index is 0.150. The summed E-state index contributed by atoms with van der Waals surface area (Å²) in [6, 6.07) is 12.3. The molecule has 4 aromatic rings. The first-order chi connectivity index (χ1) is 17.6. The number of nitrogens with two attached hydrogens (primary N) is 1. The summed E-state index contributed by atoms with van der Waals surface area (Å²) in [5.41, 5.74) is 8.36. The molecule has 2 unspecified atom stereocenters. The number of carboxylic acid groups (broad SMARTS) is 1. The molecule has 5 rings (SSSR count). The molecule has 190 valence electrons. The van der Waals surface area contributed by atoms with Gasteiger partial charge in [-0.3, -0.25) is 14.3 Å². The van der Waals surface area contributed by atoms with Crippen LogP contribution >= 0.6 is 11.6 Å². The van der Waals surface area contributed by atoms with Gasteiger partial charge in [-0.05, 0) is 43.2 Å². The smallest absolute Gasteiger partial charge is 0.310 e. The molecule has 0 aliphatic carbocycles. The number of hydrogen-bond donors (Lipinski definition) is 3. The second kappa shape index (κ2) is 9.13. The van der Waals surface area contributed by atoms with E-state index >= 15 is 0 Å². The molecule has 10 nitrogen and oxygen atoms in total. The lowest BCUT2D eigenvalue weighted by Crippen LogP contribution is -2.33. The molecule has 1 aliphatic rings. The van der Waals surface area contributed by atoms with Gasteiger partial charge in [0.25, 0.3) is 0 Å². The fourth-order valence-corrected chi connectivity index (χ4v) is 4.86. The molecule has 3 heterocycles. The zero-order valence-electron chi connectivity index (χ0n) is 20.4. The zero-order valence-corrected chi connectivity index (χ0v) is 21.2. The van der Waals surface area contributed by atoms with Crippen LogP contribution < -0.4 is 11.1 Å². The van der Waals surface area contributed by atoms with Crippen LogP contribution in [0.3, 0.4) is 0 Å². The van der Waals surface area contributed by atoms with E-state index in [2.05, 4.69) is 15.3 Å². The summed E-state index contributed by atoms with van der Waals surface area (Å²) in [5, 5.41) is 18.2. The minimum Gasteiger partial charge on any atom is -0.481 e. The Hall–Kier alpha value is -4.02. The van der Waals surface area contributed by atoms with E-state index < -0.39 is 17.3 Å². The molecule has 2 aromatic heterocycles. The Balaban J connectivity index is 1.60. The molecule has 0 saturated carbocycles. The van der Waals surface area contributed by atoms with Gasteiger partial charge in [-0.2, -0.15) is 5.10 Å². The number of anilines is 2. The maximum absolute atomic E-state index is 13.3. The predicted molar refractivity (Wildman–Crippen MR) is 140 cm³/mol. The third kappa shape index (κ3) is 3.98. The first-order valence-corrected chi connectivity index (χ1v) is 12.0. The van der Waals surface area contributed by atoms with Crippen LogP contribution in [0.5, 0.6) is 0 Å². The zero-order chi connectivity index (χ0) is 26.5. The molecule has 11 heteroatoms. The number of halogens is 1. The number of aromatic nitrogens is 4. The topological polar surface area (TPSA) is 145 Å². The molecule has 0 saturated heterocycles. The molecular formula is C26H25ClN6O4. The number of carboxylic acids is 1. The predicted octanol–water partition coefficient (Wildman–Crippen LogP) is 3.82. The summed E-state index contributed by atoms with van der Waals surface area (Å²) in [5.74, 6) is -1.16. The second-order valence-corrected chi connectivity index (χ2v) is 9.58. The number of benzene rings is 2. The number of methoxy groups -OCH3 is 1. The van der Waals surface area contributed by atoms with Gasteiger partial charge in [0, 0.05) is 17.5 Å². The quantitative estimate of drug-likeness (QED) is 0.333. The van der Waals surface area contributed by atoms with Crippen molar-refractivity contribution >= 4 is 46.0 Å². The summed E-state index contributed by atoms with van der Waals surface area (Å²) in [4.78, 5) is 33.8. The lowest BCUT2D eigenvalue weighted by molar-refractivity contribution is -0.138. The van der Waals surface area contributed by atoms with E-state index in [0.717, 1.165) is 10.9 Å². The van der Waals surface area contributed by atoms with Crippen LogP contribution in [0, 0.1) is 0 Å². The average molecular weight is 521 g/mol. The fourth-order valence-electron chi connectivity index (χ4n) is 4.70. The van der Waals surface area contributed by atoms with Crippen molar-refractivity contribution in [2.75, 3.05) is 24.8 Å². The molecule has 1 aliphatic heterocycles. The maximum atomic E-state index is 13.3. The van der Waals surface area contributed by atoms with Gasteiger partial charge in [0.05, 0.1) is 30.1 Å². The van der Waals surface area contributed by atoms with E-state index in [1.807, 2.05) is 12.1 Å². The van der Waals surface area contributed by atoms with Gasteiger partial charge in [0.2, 0.25) is 5.91 Å². The molecule has 1 amide bonds. The highest BCUT2D eigenvalue weighted by atomic mass is 35.5. The van der Waals surface area contributed by atoms with Crippen LogP contribution in [0.2, 0.25) is 5.02 Å². The van der Waals surface area contributed by atoms with Crippen LogP contribution in [0.15, 0.2) is 42.5 Å². The average Bonchev–Trinajstić information content (AvgIpc) is 3.36. The third-order valence-corrected chi connectivity index (χ3v) is 7.15. The summed E-state index contributed by atoms with van der Waals surface area (Å²) < 4.78 is 6.98. The molecule has 0 radical (unpaired) electrons. The van der Waals surface area contributed by atoms with Crippen molar-refractivity contribution in [3.8, 4) is 11.5 Å². The minimum atomic E-state index is -1.16. The molecule has 0 bridgehead atoms. The van der Waals surface area contributed by atoms with E-state index in [4.69, 9.17) is 27.2 Å². The van der Waals surface area contributed by atoms with Crippen molar-refractivity contribution < 1.29 is 19.4 Å². The number of nitrogens with one attached hydrogen (secondary N) is 1. The van der Waals surface area contributed by atoms with Crippen molar-refractivity contribution in [3.05, 3.63) is 64.2 Å². The molecule has 2 aromatic carbocycles. The Morgan fingerprint density at radius 1 is 1.24 bits per heavy atom. The lowest BCUT2D eigenvalue weighted by Gasteiger charge is -2.24. The van der Waals surface area contributed by atoms with Crippen LogP contribution in [-0.2, 0) is 26.3 Å². The fraction of sp³-hybridized carbons (Fsp3) is 0.269. The standard InChI is InChI=1S/C26H25ClN6O4/c1-13(24(34)35)14-4-6-15(7-5-14)26(2)19-21(28)29-23(30-22(19)31-25(26)36)20-17-9-8-16(27)12-18(17)33(32-20)10-11-37-3/h4-9,12-13H,10-11H2,1-3H3,(H,34,35)(H3,28,29,30,31,36). The van der Waals surface area contributed by atoms with Gasteiger partial charge in [0.15, 0.2) is 5.82 Å². The SMILES string of the molecule is COCCn1nc(-c2nc(N)c3c(n2)NC(=O)C3(C)c2ccc(C(C)C(=O)O)cc2)c2ccc(Cl)cc21. The highest BCUT2D eigenvalue weighted by molar-refractivity contribution is 6.31. The third-order valence-electron chi connectivity index (χ3n) is 6.91. The molecule has 37 heavy (non-hydrogen) atoms. The molecule has 0 spiro atoms. The summed E-state index contributed by atoms with van der Waals surface area (Å²) in [7, 11) is 1.61. The van der Waals surface area contributed by atoms with E-state index in [1.165, 1.54) is 0 Å². The van der Waals surface area contributed by atoms with Gasteiger partial charge in [-0.25, -0.2) is 9.97 Å². The monoisotopic (exact) mass is 520 g/mol. The van der Waals surface area contributed by atoms with Crippen molar-refractivity contribution in [3.63, 3.8) is 0 Å². The van der Waals surface area contributed by atoms with Crippen LogP contribution in [-0.4, -0.2) is 50.4 Å². The lowest BCUT2D eigenvalue weighted by atomic mass is 9.77. The number of aliphatic carboxylic acids is 1. The Morgan fingerprint density at radius 3 is 2.65 bits per heavy atom. The second-order valence-electron chi connectivity index (χ2n) is 9.14. The van der Waals surface area contributed by atoms with E-state index in [9.17, 15) is 14.7 Å². The summed E-state index contributed by atoms with van der Waals surface area (Å²) in [6.45, 7) is 4.31. The highest BCUT2D eigenvalue weighted by Crippen LogP contribution is 2.45. The van der Waals surface area contributed by atoms with Crippen LogP contribution in [0.1, 0.15) is 36.5 Å². The van der Waals surface area contributed by atoms with Crippen LogP contribution in [0.25, 0.3) is 22.4 Å². The number of carbonyl (C=O) groups excluding carboxylic acids is 1. The maximum Gasteiger partial charge on any atom is 0.310 e. The number of hydrogen-bond acceptors (Lipinski definition) is 7. The van der Waals surface area contributed by atoms with Crippen LogP contribution in [0.4, 0.5) is 11.6 Å². The number of amides is 1. The van der Waals surface area contributed by atoms with Gasteiger partial charge in [-0.15, -0.1) is 0 Å². The Kier molecular flexibility index (Phi) is 6.09. The number of rotatable bonds is 7. The first kappa shape index (κ1) is 24.7. The number of carbonyl (C=O) groups is 2. The van der Waals surface area contributed by atoms with Gasteiger partial charge in [-0.1, -0.05) is 35.9 Å². The van der Waals surface area contributed by atoms with E-state index in [0.29, 0.717) is 46.4 Å². The highest BCUT2D eigenvalue weighted by Gasteiger charge is 2.47. The Bertz CT molecular complexity index is 1550. The molecule has 0 fully saturated rings. The molecule has 4 N–H and O–H groups in total.